The Kier molecular flexibility index (Phi) is 4.83. The van der Waals surface area contributed by atoms with Crippen LogP contribution < -0.4 is 11.1 Å². The molecule has 1 saturated carbocycles. The predicted molar refractivity (Wildman–Crippen MR) is 80.0 cm³/mol. The summed E-state index contributed by atoms with van der Waals surface area (Å²) in [6.07, 6.45) is 8.27. The van der Waals surface area contributed by atoms with Crippen molar-refractivity contribution in [2.75, 3.05) is 11.1 Å². The second kappa shape index (κ2) is 6.60. The lowest BCUT2D eigenvalue weighted by atomic mass is 9.96. The number of aryl methyl sites for hydroxylation is 1. The molecule has 0 saturated heterocycles. The smallest absolute Gasteiger partial charge is 0.224 e. The maximum atomic E-state index is 12.0. The first kappa shape index (κ1) is 13.9. The highest BCUT2D eigenvalue weighted by Gasteiger charge is 2.16. The van der Waals surface area contributed by atoms with E-state index in [4.69, 9.17) is 5.73 Å². The fourth-order valence-electron chi connectivity index (χ4n) is 2.80. The predicted octanol–water partition coefficient (Wildman–Crippen LogP) is 3.88. The Morgan fingerprint density at radius 3 is 2.58 bits per heavy atom. The van der Waals surface area contributed by atoms with Crippen LogP contribution in [0.25, 0.3) is 0 Å². The molecule has 1 aromatic carbocycles. The number of nitrogens with two attached hydrogens (primary N) is 1. The number of benzene rings is 1. The quantitative estimate of drug-likeness (QED) is 0.640. The monoisotopic (exact) mass is 260 g/mol. The molecule has 1 aromatic rings. The van der Waals surface area contributed by atoms with E-state index in [0.29, 0.717) is 12.3 Å². The first-order valence-electron chi connectivity index (χ1n) is 7.31. The molecule has 0 heterocycles. The number of nitrogens with one attached hydrogen (secondary N) is 1. The number of anilines is 2. The second-order valence-electron chi connectivity index (χ2n) is 5.68. The summed E-state index contributed by atoms with van der Waals surface area (Å²) < 4.78 is 0. The fourth-order valence-corrected chi connectivity index (χ4v) is 2.80. The topological polar surface area (TPSA) is 55.1 Å². The summed E-state index contributed by atoms with van der Waals surface area (Å²) in [6.45, 7) is 1.95. The number of hydrogen-bond donors (Lipinski definition) is 2. The van der Waals surface area contributed by atoms with Gasteiger partial charge < -0.3 is 11.1 Å². The Balaban J connectivity index is 1.87. The standard InChI is InChI=1S/C16H24N2O/c1-12-10-14(8-9-15(12)17)18-16(19)11-13-6-4-2-3-5-7-13/h8-10,13H,2-7,11,17H2,1H3,(H,18,19). The summed E-state index contributed by atoms with van der Waals surface area (Å²) in [7, 11) is 0. The fraction of sp³-hybridized carbons (Fsp3) is 0.562. The molecule has 0 bridgehead atoms. The van der Waals surface area contributed by atoms with Gasteiger partial charge in [0.1, 0.15) is 0 Å². The Hall–Kier alpha value is -1.51. The van der Waals surface area contributed by atoms with Gasteiger partial charge in [-0.2, -0.15) is 0 Å². The summed E-state index contributed by atoms with van der Waals surface area (Å²) in [6, 6.07) is 5.64. The van der Waals surface area contributed by atoms with Crippen molar-refractivity contribution in [3.8, 4) is 0 Å². The van der Waals surface area contributed by atoms with E-state index in [1.807, 2.05) is 25.1 Å². The highest BCUT2D eigenvalue weighted by atomic mass is 16.1. The van der Waals surface area contributed by atoms with Crippen LogP contribution in [-0.4, -0.2) is 5.91 Å². The van der Waals surface area contributed by atoms with Gasteiger partial charge in [-0.05, 0) is 49.4 Å². The first-order valence-corrected chi connectivity index (χ1v) is 7.31. The molecule has 3 heteroatoms. The Morgan fingerprint density at radius 2 is 1.95 bits per heavy atom. The Bertz CT molecular complexity index is 434. The molecule has 0 aliphatic heterocycles. The molecule has 0 radical (unpaired) electrons. The van der Waals surface area contributed by atoms with E-state index in [0.717, 1.165) is 16.9 Å². The van der Waals surface area contributed by atoms with E-state index in [9.17, 15) is 4.79 Å². The van der Waals surface area contributed by atoms with Gasteiger partial charge in [0.15, 0.2) is 0 Å². The highest BCUT2D eigenvalue weighted by Crippen LogP contribution is 2.26. The van der Waals surface area contributed by atoms with E-state index in [1.54, 1.807) is 0 Å². The average Bonchev–Trinajstić information content (AvgIpc) is 2.62. The summed E-state index contributed by atoms with van der Waals surface area (Å²) in [5.41, 5.74) is 8.40. The normalized spacial score (nSPS) is 16.9. The van der Waals surface area contributed by atoms with Crippen LogP contribution in [0.4, 0.5) is 11.4 Å². The molecule has 1 aliphatic carbocycles. The van der Waals surface area contributed by atoms with Gasteiger partial charge >= 0.3 is 0 Å². The van der Waals surface area contributed by atoms with Gasteiger partial charge in [-0.1, -0.05) is 25.7 Å². The Morgan fingerprint density at radius 1 is 1.26 bits per heavy atom. The number of hydrogen-bond acceptors (Lipinski definition) is 2. The molecule has 3 N–H and O–H groups in total. The molecule has 2 rings (SSSR count). The van der Waals surface area contributed by atoms with E-state index < -0.39 is 0 Å². The minimum absolute atomic E-state index is 0.135. The molecular weight excluding hydrogens is 236 g/mol. The van der Waals surface area contributed by atoms with E-state index in [2.05, 4.69) is 5.32 Å². The van der Waals surface area contributed by atoms with Crippen molar-refractivity contribution in [2.45, 2.75) is 51.9 Å². The molecular formula is C16H24N2O. The molecule has 3 nitrogen and oxygen atoms in total. The third kappa shape index (κ3) is 4.27. The zero-order valence-corrected chi connectivity index (χ0v) is 11.7. The molecule has 0 atom stereocenters. The molecule has 0 unspecified atom stereocenters. The van der Waals surface area contributed by atoms with Gasteiger partial charge in [0.25, 0.3) is 0 Å². The molecule has 19 heavy (non-hydrogen) atoms. The van der Waals surface area contributed by atoms with Gasteiger partial charge in [-0.15, -0.1) is 0 Å². The molecule has 0 spiro atoms. The van der Waals surface area contributed by atoms with E-state index in [1.165, 1.54) is 38.5 Å². The first-order chi connectivity index (χ1) is 9.15. The lowest BCUT2D eigenvalue weighted by molar-refractivity contribution is -0.117. The zero-order valence-electron chi connectivity index (χ0n) is 11.7. The summed E-state index contributed by atoms with van der Waals surface area (Å²) in [5.74, 6) is 0.702. The van der Waals surface area contributed by atoms with Gasteiger partial charge in [0, 0.05) is 17.8 Å². The SMILES string of the molecule is Cc1cc(NC(=O)CC2CCCCCC2)ccc1N. The third-order valence-corrected chi connectivity index (χ3v) is 4.00. The average molecular weight is 260 g/mol. The van der Waals surface area contributed by atoms with Crippen LogP contribution in [0.5, 0.6) is 0 Å². The van der Waals surface area contributed by atoms with Gasteiger partial charge in [0.05, 0.1) is 0 Å². The second-order valence-corrected chi connectivity index (χ2v) is 5.68. The van der Waals surface area contributed by atoms with E-state index in [-0.39, 0.29) is 5.91 Å². The van der Waals surface area contributed by atoms with Crippen LogP contribution in [0, 0.1) is 12.8 Å². The van der Waals surface area contributed by atoms with Crippen molar-refractivity contribution < 1.29 is 4.79 Å². The van der Waals surface area contributed by atoms with Gasteiger partial charge in [0.2, 0.25) is 5.91 Å². The van der Waals surface area contributed by atoms with Crippen LogP contribution in [0.2, 0.25) is 0 Å². The summed E-state index contributed by atoms with van der Waals surface area (Å²) in [4.78, 5) is 12.0. The van der Waals surface area contributed by atoms with Crippen LogP contribution in [0.1, 0.15) is 50.5 Å². The van der Waals surface area contributed by atoms with E-state index >= 15 is 0 Å². The number of rotatable bonds is 3. The molecule has 104 valence electrons. The van der Waals surface area contributed by atoms with Crippen LogP contribution in [0.3, 0.4) is 0 Å². The van der Waals surface area contributed by atoms with Crippen molar-refractivity contribution in [1.29, 1.82) is 0 Å². The van der Waals surface area contributed by atoms with Crippen LogP contribution in [0.15, 0.2) is 18.2 Å². The van der Waals surface area contributed by atoms with Crippen LogP contribution >= 0.6 is 0 Å². The zero-order chi connectivity index (χ0) is 13.7. The maximum absolute atomic E-state index is 12.0. The maximum Gasteiger partial charge on any atom is 0.224 e. The lowest BCUT2D eigenvalue weighted by Gasteiger charge is -2.14. The van der Waals surface area contributed by atoms with Gasteiger partial charge in [-0.25, -0.2) is 0 Å². The number of carbonyl (C=O) groups excluding carboxylic acids is 1. The minimum Gasteiger partial charge on any atom is -0.399 e. The van der Waals surface area contributed by atoms with Gasteiger partial charge in [-0.3, -0.25) is 4.79 Å². The number of nitrogen functional groups attached to an aromatic ring is 1. The highest BCUT2D eigenvalue weighted by molar-refractivity contribution is 5.91. The molecule has 0 aromatic heterocycles. The summed E-state index contributed by atoms with van der Waals surface area (Å²) >= 11 is 0. The van der Waals surface area contributed by atoms with Crippen molar-refractivity contribution in [3.05, 3.63) is 23.8 Å². The van der Waals surface area contributed by atoms with Crippen molar-refractivity contribution in [1.82, 2.24) is 0 Å². The lowest BCUT2D eigenvalue weighted by Crippen LogP contribution is -2.16. The molecule has 1 amide bonds. The number of amides is 1. The number of carbonyl (C=O) groups is 1. The minimum atomic E-state index is 0.135. The summed E-state index contributed by atoms with van der Waals surface area (Å²) in [5, 5.41) is 2.98. The largest absolute Gasteiger partial charge is 0.399 e. The van der Waals surface area contributed by atoms with Crippen molar-refractivity contribution in [3.63, 3.8) is 0 Å². The Labute approximate surface area is 115 Å². The third-order valence-electron chi connectivity index (χ3n) is 4.00. The van der Waals surface area contributed by atoms with Crippen molar-refractivity contribution in [2.24, 2.45) is 5.92 Å². The molecule has 1 fully saturated rings. The van der Waals surface area contributed by atoms with Crippen molar-refractivity contribution >= 4 is 17.3 Å². The molecule has 1 aliphatic rings. The van der Waals surface area contributed by atoms with Crippen LogP contribution in [-0.2, 0) is 4.79 Å².